The molecule has 0 aliphatic heterocycles. The van der Waals surface area contributed by atoms with Gasteiger partial charge in [-0.3, -0.25) is 9.69 Å². The van der Waals surface area contributed by atoms with Crippen LogP contribution in [0.5, 0.6) is 0 Å². The zero-order valence-electron chi connectivity index (χ0n) is 11.6. The predicted octanol–water partition coefficient (Wildman–Crippen LogP) is 1.37. The average molecular weight is 266 g/mol. The molecule has 0 radical (unpaired) electrons. The molecular weight excluding hydrogens is 244 g/mol. The standard InChI is InChI=1S/C13H22N4O2/c1-10(2)7-17-12(14-9-15-17)8-16(11-3-4-11)6-5-13(18)19/h9-11H,3-8H2,1-2H3,(H,18,19). The molecule has 19 heavy (non-hydrogen) atoms. The van der Waals surface area contributed by atoms with Crippen molar-refractivity contribution in [2.45, 2.75) is 52.2 Å². The second kappa shape index (κ2) is 6.14. The highest BCUT2D eigenvalue weighted by Crippen LogP contribution is 2.28. The third-order valence-corrected chi connectivity index (χ3v) is 3.25. The van der Waals surface area contributed by atoms with Gasteiger partial charge in [-0.15, -0.1) is 0 Å². The Labute approximate surface area is 113 Å². The maximum absolute atomic E-state index is 10.7. The van der Waals surface area contributed by atoms with E-state index in [1.165, 1.54) is 0 Å². The quantitative estimate of drug-likeness (QED) is 0.769. The minimum absolute atomic E-state index is 0.189. The fourth-order valence-electron chi connectivity index (χ4n) is 2.16. The Balaban J connectivity index is 1.96. The Hall–Kier alpha value is -1.43. The van der Waals surface area contributed by atoms with E-state index in [2.05, 4.69) is 28.8 Å². The molecule has 1 fully saturated rings. The summed E-state index contributed by atoms with van der Waals surface area (Å²) >= 11 is 0. The first-order chi connectivity index (χ1) is 9.06. The van der Waals surface area contributed by atoms with Crippen LogP contribution in [0.4, 0.5) is 0 Å². The van der Waals surface area contributed by atoms with E-state index in [0.29, 0.717) is 25.0 Å². The molecular formula is C13H22N4O2. The Bertz CT molecular complexity index is 426. The lowest BCUT2D eigenvalue weighted by molar-refractivity contribution is -0.137. The molecule has 0 spiro atoms. The third kappa shape index (κ3) is 4.31. The van der Waals surface area contributed by atoms with Crippen LogP contribution >= 0.6 is 0 Å². The first-order valence-electron chi connectivity index (χ1n) is 6.88. The van der Waals surface area contributed by atoms with Crippen molar-refractivity contribution in [3.05, 3.63) is 12.2 Å². The number of nitrogens with zero attached hydrogens (tertiary/aromatic N) is 4. The molecule has 6 heteroatoms. The van der Waals surface area contributed by atoms with Gasteiger partial charge in [-0.1, -0.05) is 13.8 Å². The van der Waals surface area contributed by atoms with Crippen LogP contribution in [-0.2, 0) is 17.9 Å². The fourth-order valence-corrected chi connectivity index (χ4v) is 2.16. The van der Waals surface area contributed by atoms with Crippen LogP contribution < -0.4 is 0 Å². The predicted molar refractivity (Wildman–Crippen MR) is 70.5 cm³/mol. The van der Waals surface area contributed by atoms with Crippen molar-refractivity contribution < 1.29 is 9.90 Å². The van der Waals surface area contributed by atoms with Crippen LogP contribution in [0.25, 0.3) is 0 Å². The number of hydrogen-bond acceptors (Lipinski definition) is 4. The average Bonchev–Trinajstić information content (AvgIpc) is 3.08. The first-order valence-corrected chi connectivity index (χ1v) is 6.88. The largest absolute Gasteiger partial charge is 0.481 e. The molecule has 0 saturated heterocycles. The molecule has 1 N–H and O–H groups in total. The van der Waals surface area contributed by atoms with E-state index < -0.39 is 5.97 Å². The van der Waals surface area contributed by atoms with Crippen molar-refractivity contribution >= 4 is 5.97 Å². The van der Waals surface area contributed by atoms with E-state index in [1.54, 1.807) is 6.33 Å². The highest BCUT2D eigenvalue weighted by molar-refractivity contribution is 5.66. The van der Waals surface area contributed by atoms with Crippen molar-refractivity contribution in [3.8, 4) is 0 Å². The second-order valence-electron chi connectivity index (χ2n) is 5.60. The summed E-state index contributed by atoms with van der Waals surface area (Å²) in [5.74, 6) is 0.717. The number of aliphatic carboxylic acids is 1. The number of carboxylic acid groups (broad SMARTS) is 1. The fraction of sp³-hybridized carbons (Fsp3) is 0.769. The van der Waals surface area contributed by atoms with Gasteiger partial charge >= 0.3 is 5.97 Å². The molecule has 1 aliphatic rings. The number of aromatic nitrogens is 3. The van der Waals surface area contributed by atoms with E-state index in [1.807, 2.05) is 4.68 Å². The second-order valence-corrected chi connectivity index (χ2v) is 5.60. The maximum Gasteiger partial charge on any atom is 0.304 e. The molecule has 1 aromatic heterocycles. The van der Waals surface area contributed by atoms with Crippen molar-refractivity contribution in [1.82, 2.24) is 19.7 Å². The third-order valence-electron chi connectivity index (χ3n) is 3.25. The van der Waals surface area contributed by atoms with Gasteiger partial charge in [-0.05, 0) is 18.8 Å². The summed E-state index contributed by atoms with van der Waals surface area (Å²) in [6, 6.07) is 0.531. The zero-order valence-corrected chi connectivity index (χ0v) is 11.6. The van der Waals surface area contributed by atoms with Gasteiger partial charge < -0.3 is 5.11 Å². The van der Waals surface area contributed by atoms with E-state index >= 15 is 0 Å². The van der Waals surface area contributed by atoms with Crippen LogP contribution in [0.1, 0.15) is 38.9 Å². The van der Waals surface area contributed by atoms with Crippen molar-refractivity contribution in [2.75, 3.05) is 6.54 Å². The number of hydrogen-bond donors (Lipinski definition) is 1. The van der Waals surface area contributed by atoms with Crippen LogP contribution in [0.2, 0.25) is 0 Å². The van der Waals surface area contributed by atoms with E-state index in [4.69, 9.17) is 5.11 Å². The molecule has 1 aliphatic carbocycles. The molecule has 0 bridgehead atoms. The molecule has 2 rings (SSSR count). The summed E-state index contributed by atoms with van der Waals surface area (Å²) in [4.78, 5) is 17.2. The van der Waals surface area contributed by atoms with Gasteiger partial charge in [0.15, 0.2) is 0 Å². The Morgan fingerprint density at radius 2 is 2.32 bits per heavy atom. The van der Waals surface area contributed by atoms with Gasteiger partial charge in [-0.2, -0.15) is 5.10 Å². The minimum atomic E-state index is -0.741. The van der Waals surface area contributed by atoms with E-state index in [0.717, 1.165) is 25.2 Å². The van der Waals surface area contributed by atoms with Gasteiger partial charge in [-0.25, -0.2) is 9.67 Å². The molecule has 106 valence electrons. The molecule has 0 unspecified atom stereocenters. The summed E-state index contributed by atoms with van der Waals surface area (Å²) in [5, 5.41) is 13.1. The summed E-state index contributed by atoms with van der Waals surface area (Å²) in [7, 11) is 0. The van der Waals surface area contributed by atoms with E-state index in [9.17, 15) is 4.79 Å². The number of carbonyl (C=O) groups is 1. The van der Waals surface area contributed by atoms with Gasteiger partial charge in [0.2, 0.25) is 0 Å². The highest BCUT2D eigenvalue weighted by atomic mass is 16.4. The first kappa shape index (κ1) is 14.0. The maximum atomic E-state index is 10.7. The zero-order chi connectivity index (χ0) is 13.8. The lowest BCUT2D eigenvalue weighted by Gasteiger charge is -2.21. The summed E-state index contributed by atoms with van der Waals surface area (Å²) in [6.45, 7) is 6.44. The van der Waals surface area contributed by atoms with Crippen LogP contribution in [0.3, 0.4) is 0 Å². The van der Waals surface area contributed by atoms with Crippen molar-refractivity contribution in [1.29, 1.82) is 0 Å². The summed E-state index contributed by atoms with van der Waals surface area (Å²) in [5.41, 5.74) is 0. The van der Waals surface area contributed by atoms with Crippen LogP contribution in [0.15, 0.2) is 6.33 Å². The Morgan fingerprint density at radius 1 is 1.58 bits per heavy atom. The van der Waals surface area contributed by atoms with Gasteiger partial charge in [0, 0.05) is 19.1 Å². The normalized spacial score (nSPS) is 15.4. The minimum Gasteiger partial charge on any atom is -0.481 e. The molecule has 0 aromatic carbocycles. The van der Waals surface area contributed by atoms with Gasteiger partial charge in [0.05, 0.1) is 13.0 Å². The topological polar surface area (TPSA) is 71.2 Å². The van der Waals surface area contributed by atoms with Gasteiger partial charge in [0.1, 0.15) is 12.2 Å². The van der Waals surface area contributed by atoms with Crippen LogP contribution in [-0.4, -0.2) is 43.3 Å². The Morgan fingerprint density at radius 3 is 2.89 bits per heavy atom. The summed E-state index contributed by atoms with van der Waals surface area (Å²) < 4.78 is 1.93. The van der Waals surface area contributed by atoms with Crippen LogP contribution in [0, 0.1) is 5.92 Å². The molecule has 0 amide bonds. The van der Waals surface area contributed by atoms with Crippen molar-refractivity contribution in [2.24, 2.45) is 5.92 Å². The lowest BCUT2D eigenvalue weighted by Crippen LogP contribution is -2.30. The lowest BCUT2D eigenvalue weighted by atomic mass is 10.2. The van der Waals surface area contributed by atoms with Gasteiger partial charge in [0.25, 0.3) is 0 Å². The number of carboxylic acids is 1. The smallest absolute Gasteiger partial charge is 0.304 e. The SMILES string of the molecule is CC(C)Cn1ncnc1CN(CCC(=O)O)C1CC1. The summed E-state index contributed by atoms with van der Waals surface area (Å²) in [6.07, 6.45) is 4.10. The molecule has 1 saturated carbocycles. The number of rotatable bonds is 8. The monoisotopic (exact) mass is 266 g/mol. The molecule has 0 atom stereocenters. The molecule has 1 heterocycles. The van der Waals surface area contributed by atoms with Crippen molar-refractivity contribution in [3.63, 3.8) is 0 Å². The van der Waals surface area contributed by atoms with E-state index in [-0.39, 0.29) is 6.42 Å². The molecule has 6 nitrogen and oxygen atoms in total. The molecule has 1 aromatic rings. The highest BCUT2D eigenvalue weighted by Gasteiger charge is 2.30. The Kier molecular flexibility index (Phi) is 4.52.